The molecular weight excluding hydrogens is 264 g/mol. The maximum atomic E-state index is 12.3. The molecule has 1 fully saturated rings. The molecule has 118 valence electrons. The minimum atomic E-state index is 0.109. The Bertz CT molecular complexity index is 467. The first-order valence-electron chi connectivity index (χ1n) is 7.69. The van der Waals surface area contributed by atoms with Crippen molar-refractivity contribution in [3.63, 3.8) is 0 Å². The van der Waals surface area contributed by atoms with Crippen LogP contribution in [0.1, 0.15) is 26.3 Å². The van der Waals surface area contributed by atoms with E-state index >= 15 is 0 Å². The van der Waals surface area contributed by atoms with Gasteiger partial charge < -0.3 is 19.7 Å². The fourth-order valence-electron chi connectivity index (χ4n) is 2.37. The minimum absolute atomic E-state index is 0.109. The van der Waals surface area contributed by atoms with E-state index in [4.69, 9.17) is 0 Å². The average molecular weight is 292 g/mol. The van der Waals surface area contributed by atoms with Crippen molar-refractivity contribution < 1.29 is 4.79 Å². The number of piperazine rings is 1. The number of amides is 1. The zero-order valence-electron chi connectivity index (χ0n) is 13.7. The highest BCUT2D eigenvalue weighted by Crippen LogP contribution is 2.07. The summed E-state index contributed by atoms with van der Waals surface area (Å²) in [7, 11) is 2.10. The van der Waals surface area contributed by atoms with Crippen molar-refractivity contribution >= 4 is 5.91 Å². The van der Waals surface area contributed by atoms with Crippen molar-refractivity contribution in [1.29, 1.82) is 0 Å². The molecule has 0 aromatic carbocycles. The predicted molar refractivity (Wildman–Crippen MR) is 85.1 cm³/mol. The molecule has 1 aliphatic rings. The Morgan fingerprint density at radius 3 is 2.52 bits per heavy atom. The van der Waals surface area contributed by atoms with Crippen LogP contribution < -0.4 is 5.32 Å². The summed E-state index contributed by atoms with van der Waals surface area (Å²) in [5.41, 5.74) is 1.33. The van der Waals surface area contributed by atoms with Crippen molar-refractivity contribution in [3.05, 3.63) is 24.0 Å². The van der Waals surface area contributed by atoms with E-state index in [-0.39, 0.29) is 11.4 Å². The van der Waals surface area contributed by atoms with Crippen molar-refractivity contribution in [2.24, 2.45) is 0 Å². The average Bonchev–Trinajstić information content (AvgIpc) is 2.84. The van der Waals surface area contributed by atoms with Gasteiger partial charge in [-0.05, 0) is 39.4 Å². The first-order chi connectivity index (χ1) is 9.83. The van der Waals surface area contributed by atoms with E-state index in [0.29, 0.717) is 6.54 Å². The molecule has 2 heterocycles. The molecule has 1 saturated heterocycles. The van der Waals surface area contributed by atoms with Gasteiger partial charge in [-0.25, -0.2) is 0 Å². The fraction of sp³-hybridized carbons (Fsp3) is 0.688. The molecule has 1 N–H and O–H groups in total. The molecule has 5 heteroatoms. The standard InChI is InChI=1S/C16H28N4O/c1-16(2,3)17-11-14-5-6-19(12-14)13-15(21)20-9-7-18(4)8-10-20/h5-6,12,17H,7-11,13H2,1-4H3. The lowest BCUT2D eigenvalue weighted by Crippen LogP contribution is -2.48. The van der Waals surface area contributed by atoms with Crippen LogP contribution in [0.15, 0.2) is 18.5 Å². The number of rotatable bonds is 4. The highest BCUT2D eigenvalue weighted by Gasteiger charge is 2.19. The first kappa shape index (κ1) is 16.0. The quantitative estimate of drug-likeness (QED) is 0.905. The minimum Gasteiger partial charge on any atom is -0.345 e. The number of hydrogen-bond donors (Lipinski definition) is 1. The lowest BCUT2D eigenvalue weighted by molar-refractivity contribution is -0.133. The summed E-state index contributed by atoms with van der Waals surface area (Å²) in [6.45, 7) is 11.4. The molecule has 0 spiro atoms. The second-order valence-electron chi connectivity index (χ2n) is 6.98. The van der Waals surface area contributed by atoms with Gasteiger partial charge in [0.1, 0.15) is 6.54 Å². The zero-order valence-corrected chi connectivity index (χ0v) is 13.7. The van der Waals surface area contributed by atoms with Crippen LogP contribution in [0.2, 0.25) is 0 Å². The van der Waals surface area contributed by atoms with Crippen LogP contribution in [-0.4, -0.2) is 59.0 Å². The van der Waals surface area contributed by atoms with E-state index in [1.54, 1.807) is 0 Å². The van der Waals surface area contributed by atoms with Crippen LogP contribution in [0.3, 0.4) is 0 Å². The van der Waals surface area contributed by atoms with E-state index in [9.17, 15) is 4.79 Å². The molecule has 2 rings (SSSR count). The third-order valence-corrected chi connectivity index (χ3v) is 3.81. The Kier molecular flexibility index (Phi) is 5.06. The summed E-state index contributed by atoms with van der Waals surface area (Å²) in [4.78, 5) is 16.5. The lowest BCUT2D eigenvalue weighted by Gasteiger charge is -2.32. The van der Waals surface area contributed by atoms with Gasteiger partial charge in [-0.1, -0.05) is 0 Å². The predicted octanol–water partition coefficient (Wildman–Crippen LogP) is 1.15. The van der Waals surface area contributed by atoms with Crippen LogP contribution in [0, 0.1) is 0 Å². The molecular formula is C16H28N4O. The molecule has 1 aromatic heterocycles. The van der Waals surface area contributed by atoms with Gasteiger partial charge in [-0.15, -0.1) is 0 Å². The van der Waals surface area contributed by atoms with Gasteiger partial charge in [-0.3, -0.25) is 4.79 Å². The zero-order chi connectivity index (χ0) is 15.5. The molecule has 0 aliphatic carbocycles. The van der Waals surface area contributed by atoms with E-state index in [0.717, 1.165) is 32.7 Å². The van der Waals surface area contributed by atoms with Gasteiger partial charge in [0.15, 0.2) is 0 Å². The second kappa shape index (κ2) is 6.62. The summed E-state index contributed by atoms with van der Waals surface area (Å²) in [5.74, 6) is 0.217. The summed E-state index contributed by atoms with van der Waals surface area (Å²) in [5, 5.41) is 3.46. The Balaban J connectivity index is 1.83. The van der Waals surface area contributed by atoms with Gasteiger partial charge in [0, 0.05) is 50.7 Å². The Hall–Kier alpha value is -1.33. The maximum absolute atomic E-state index is 12.3. The molecule has 1 aliphatic heterocycles. The Morgan fingerprint density at radius 2 is 1.90 bits per heavy atom. The van der Waals surface area contributed by atoms with Crippen molar-refractivity contribution in [2.45, 2.75) is 39.4 Å². The van der Waals surface area contributed by atoms with E-state index in [1.807, 2.05) is 15.7 Å². The monoisotopic (exact) mass is 292 g/mol. The van der Waals surface area contributed by atoms with Gasteiger partial charge in [0.05, 0.1) is 0 Å². The number of nitrogens with one attached hydrogen (secondary N) is 1. The smallest absolute Gasteiger partial charge is 0.242 e. The van der Waals surface area contributed by atoms with Crippen LogP contribution in [0.4, 0.5) is 0 Å². The largest absolute Gasteiger partial charge is 0.345 e. The van der Waals surface area contributed by atoms with E-state index in [1.165, 1.54) is 5.56 Å². The van der Waals surface area contributed by atoms with Crippen LogP contribution in [-0.2, 0) is 17.9 Å². The van der Waals surface area contributed by atoms with Crippen molar-refractivity contribution in [3.8, 4) is 0 Å². The first-order valence-corrected chi connectivity index (χ1v) is 7.69. The molecule has 0 atom stereocenters. The van der Waals surface area contributed by atoms with Gasteiger partial charge in [0.25, 0.3) is 0 Å². The topological polar surface area (TPSA) is 40.5 Å². The van der Waals surface area contributed by atoms with Gasteiger partial charge in [-0.2, -0.15) is 0 Å². The number of likely N-dealkylation sites (N-methyl/N-ethyl adjacent to an activating group) is 1. The molecule has 1 amide bonds. The summed E-state index contributed by atoms with van der Waals surface area (Å²) in [6, 6.07) is 2.08. The van der Waals surface area contributed by atoms with Gasteiger partial charge in [0.2, 0.25) is 5.91 Å². The second-order valence-corrected chi connectivity index (χ2v) is 6.98. The third-order valence-electron chi connectivity index (χ3n) is 3.81. The molecule has 0 bridgehead atoms. The molecule has 1 aromatic rings. The van der Waals surface area contributed by atoms with Crippen LogP contribution in [0.5, 0.6) is 0 Å². The summed E-state index contributed by atoms with van der Waals surface area (Å²) in [6.07, 6.45) is 4.06. The summed E-state index contributed by atoms with van der Waals surface area (Å²) >= 11 is 0. The van der Waals surface area contributed by atoms with Gasteiger partial charge >= 0.3 is 0 Å². The highest BCUT2D eigenvalue weighted by molar-refractivity contribution is 5.76. The normalized spacial score (nSPS) is 17.2. The van der Waals surface area contributed by atoms with Crippen LogP contribution in [0.25, 0.3) is 0 Å². The van der Waals surface area contributed by atoms with Crippen LogP contribution >= 0.6 is 0 Å². The Labute approximate surface area is 127 Å². The SMILES string of the molecule is CN1CCN(C(=O)Cn2ccc(CNC(C)(C)C)c2)CC1. The number of aromatic nitrogens is 1. The number of carbonyl (C=O) groups excluding carboxylic acids is 1. The number of carbonyl (C=O) groups is 1. The molecule has 0 unspecified atom stereocenters. The highest BCUT2D eigenvalue weighted by atomic mass is 16.2. The summed E-state index contributed by atoms with van der Waals surface area (Å²) < 4.78 is 1.99. The maximum Gasteiger partial charge on any atom is 0.242 e. The molecule has 5 nitrogen and oxygen atoms in total. The van der Waals surface area contributed by atoms with E-state index in [2.05, 4.69) is 50.3 Å². The molecule has 0 saturated carbocycles. The lowest BCUT2D eigenvalue weighted by atomic mass is 10.1. The van der Waals surface area contributed by atoms with Crippen molar-refractivity contribution in [1.82, 2.24) is 19.7 Å². The fourth-order valence-corrected chi connectivity index (χ4v) is 2.37. The molecule has 21 heavy (non-hydrogen) atoms. The van der Waals surface area contributed by atoms with E-state index < -0.39 is 0 Å². The molecule has 0 radical (unpaired) electrons. The Morgan fingerprint density at radius 1 is 1.24 bits per heavy atom. The third kappa shape index (κ3) is 5.17. The number of hydrogen-bond acceptors (Lipinski definition) is 3. The number of nitrogens with zero attached hydrogens (tertiary/aromatic N) is 3. The van der Waals surface area contributed by atoms with Crippen molar-refractivity contribution in [2.75, 3.05) is 33.2 Å².